The number of nitrogens with zero attached hydrogens (tertiary/aromatic N) is 4. The molecule has 7 nitrogen and oxygen atoms in total. The van der Waals surface area contributed by atoms with Gasteiger partial charge in [0.1, 0.15) is 16.5 Å². The van der Waals surface area contributed by atoms with Crippen molar-refractivity contribution in [2.24, 2.45) is 0 Å². The van der Waals surface area contributed by atoms with E-state index in [0.29, 0.717) is 17.5 Å². The third kappa shape index (κ3) is 2.90. The van der Waals surface area contributed by atoms with Crippen LogP contribution in [0.3, 0.4) is 0 Å². The molecule has 0 aliphatic heterocycles. The van der Waals surface area contributed by atoms with Crippen molar-refractivity contribution in [3.05, 3.63) is 23.7 Å². The molecule has 8 heteroatoms. The van der Waals surface area contributed by atoms with E-state index in [2.05, 4.69) is 20.1 Å². The van der Waals surface area contributed by atoms with Crippen molar-refractivity contribution in [3.8, 4) is 0 Å². The number of amides is 2. The fraction of sp³-hybridized carbons (Fsp3) is 0.455. The molecule has 0 radical (unpaired) electrons. The fourth-order valence-electron chi connectivity index (χ4n) is 1.70. The maximum Gasteiger partial charge on any atom is 0.322 e. The van der Waals surface area contributed by atoms with Crippen molar-refractivity contribution in [3.63, 3.8) is 0 Å². The minimum Gasteiger partial charge on any atom is -0.361 e. The Bertz CT molecular complexity index is 563. The second kappa shape index (κ2) is 4.96. The van der Waals surface area contributed by atoms with Crippen LogP contribution in [0.4, 0.5) is 9.80 Å². The van der Waals surface area contributed by atoms with Gasteiger partial charge in [-0.3, -0.25) is 5.32 Å². The zero-order chi connectivity index (χ0) is 13.2. The Kier molecular flexibility index (Phi) is 3.16. The molecule has 1 saturated carbocycles. The van der Waals surface area contributed by atoms with Gasteiger partial charge < -0.3 is 9.42 Å². The van der Waals surface area contributed by atoms with Crippen molar-refractivity contribution < 1.29 is 9.32 Å². The van der Waals surface area contributed by atoms with Crippen LogP contribution in [-0.2, 0) is 6.54 Å². The summed E-state index contributed by atoms with van der Waals surface area (Å²) in [5.41, 5.74) is 0.766. The van der Waals surface area contributed by atoms with Gasteiger partial charge >= 0.3 is 6.03 Å². The predicted octanol–water partition coefficient (Wildman–Crippen LogP) is 2.07. The second-order valence-corrected chi connectivity index (χ2v) is 5.35. The van der Waals surface area contributed by atoms with Gasteiger partial charge in [-0.1, -0.05) is 9.64 Å². The van der Waals surface area contributed by atoms with Crippen molar-refractivity contribution >= 4 is 22.6 Å². The van der Waals surface area contributed by atoms with Gasteiger partial charge in [-0.15, -0.1) is 5.10 Å². The minimum atomic E-state index is -0.220. The summed E-state index contributed by atoms with van der Waals surface area (Å²) in [6.45, 7) is 0.411. The van der Waals surface area contributed by atoms with E-state index in [0.717, 1.165) is 23.0 Å². The monoisotopic (exact) mass is 279 g/mol. The van der Waals surface area contributed by atoms with Gasteiger partial charge in [-0.05, 0) is 12.8 Å². The van der Waals surface area contributed by atoms with Crippen LogP contribution in [0.2, 0.25) is 0 Å². The molecule has 0 unspecified atom stereocenters. The fourth-order valence-corrected chi connectivity index (χ4v) is 2.11. The number of carbonyl (C=O) groups excluding carboxylic acids is 1. The summed E-state index contributed by atoms with van der Waals surface area (Å²) in [7, 11) is 1.70. The molecule has 1 fully saturated rings. The van der Waals surface area contributed by atoms with Crippen molar-refractivity contribution in [1.29, 1.82) is 0 Å². The van der Waals surface area contributed by atoms with Gasteiger partial charge in [0.05, 0.1) is 12.7 Å². The number of rotatable bonds is 4. The lowest BCUT2D eigenvalue weighted by Crippen LogP contribution is -2.30. The Morgan fingerprint density at radius 3 is 3.16 bits per heavy atom. The third-order valence-electron chi connectivity index (χ3n) is 2.89. The number of aromatic nitrogens is 3. The van der Waals surface area contributed by atoms with Gasteiger partial charge in [0, 0.05) is 30.6 Å². The summed E-state index contributed by atoms with van der Waals surface area (Å²) < 4.78 is 8.93. The van der Waals surface area contributed by atoms with E-state index in [-0.39, 0.29) is 6.03 Å². The van der Waals surface area contributed by atoms with E-state index in [1.807, 2.05) is 6.07 Å². The quantitative estimate of drug-likeness (QED) is 0.926. The maximum atomic E-state index is 11.9. The average Bonchev–Trinajstić information content (AvgIpc) is 2.92. The van der Waals surface area contributed by atoms with Crippen LogP contribution >= 0.6 is 11.5 Å². The number of urea groups is 1. The van der Waals surface area contributed by atoms with E-state index in [1.54, 1.807) is 7.05 Å². The van der Waals surface area contributed by atoms with E-state index in [1.165, 1.54) is 23.9 Å². The zero-order valence-electron chi connectivity index (χ0n) is 10.4. The topological polar surface area (TPSA) is 84.2 Å². The van der Waals surface area contributed by atoms with Crippen LogP contribution in [0.25, 0.3) is 0 Å². The molecule has 3 rings (SSSR count). The standard InChI is InChI=1S/C11H13N5O2S/c1-16(11(17)13-10-5-12-15-19-10)6-8-4-9(18-14-8)7-2-3-7/h4-5,7H,2-3,6H2,1H3,(H,13,17). The maximum absolute atomic E-state index is 11.9. The molecule has 0 atom stereocenters. The third-order valence-corrected chi connectivity index (χ3v) is 3.47. The second-order valence-electron chi connectivity index (χ2n) is 4.56. The Morgan fingerprint density at radius 2 is 2.47 bits per heavy atom. The summed E-state index contributed by atoms with van der Waals surface area (Å²) in [6, 6.07) is 1.71. The van der Waals surface area contributed by atoms with E-state index >= 15 is 0 Å². The normalized spacial score (nSPS) is 14.4. The Labute approximate surface area is 113 Å². The molecule has 0 saturated heterocycles. The van der Waals surface area contributed by atoms with Crippen molar-refractivity contribution in [1.82, 2.24) is 19.6 Å². The Morgan fingerprint density at radius 1 is 1.63 bits per heavy atom. The minimum absolute atomic E-state index is 0.220. The molecule has 2 aromatic heterocycles. The van der Waals surface area contributed by atoms with E-state index in [4.69, 9.17) is 4.52 Å². The summed E-state index contributed by atoms with van der Waals surface area (Å²) >= 11 is 1.14. The highest BCUT2D eigenvalue weighted by Crippen LogP contribution is 2.40. The first-order valence-electron chi connectivity index (χ1n) is 5.97. The van der Waals surface area contributed by atoms with Crippen LogP contribution in [-0.4, -0.2) is 32.7 Å². The van der Waals surface area contributed by atoms with Gasteiger partial charge in [0.15, 0.2) is 0 Å². The highest BCUT2D eigenvalue weighted by Gasteiger charge is 2.28. The first-order valence-corrected chi connectivity index (χ1v) is 6.74. The van der Waals surface area contributed by atoms with Gasteiger partial charge in [0.25, 0.3) is 0 Å². The summed E-state index contributed by atoms with van der Waals surface area (Å²) in [6.07, 6.45) is 3.85. The molecule has 19 heavy (non-hydrogen) atoms. The molecular formula is C11H13N5O2S. The SMILES string of the molecule is CN(Cc1cc(C2CC2)on1)C(=O)Nc1cnns1. The molecule has 0 aromatic carbocycles. The van der Waals surface area contributed by atoms with Crippen LogP contribution in [0.15, 0.2) is 16.8 Å². The first-order chi connectivity index (χ1) is 9.22. The lowest BCUT2D eigenvalue weighted by atomic mass is 10.3. The number of anilines is 1. The highest BCUT2D eigenvalue weighted by molar-refractivity contribution is 7.10. The zero-order valence-corrected chi connectivity index (χ0v) is 11.2. The van der Waals surface area contributed by atoms with Gasteiger partial charge in [-0.2, -0.15) is 0 Å². The van der Waals surface area contributed by atoms with Crippen LogP contribution in [0.5, 0.6) is 0 Å². The van der Waals surface area contributed by atoms with Gasteiger partial charge in [0.2, 0.25) is 0 Å². The molecule has 2 aromatic rings. The first kappa shape index (κ1) is 12.1. The predicted molar refractivity (Wildman–Crippen MR) is 68.9 cm³/mol. The molecule has 1 aliphatic rings. The molecule has 1 N–H and O–H groups in total. The van der Waals surface area contributed by atoms with Gasteiger partial charge in [-0.25, -0.2) is 4.79 Å². The number of hydrogen-bond donors (Lipinski definition) is 1. The highest BCUT2D eigenvalue weighted by atomic mass is 32.1. The lowest BCUT2D eigenvalue weighted by molar-refractivity contribution is 0.219. The molecule has 0 bridgehead atoms. The van der Waals surface area contributed by atoms with Crippen LogP contribution in [0.1, 0.15) is 30.2 Å². The van der Waals surface area contributed by atoms with Crippen LogP contribution < -0.4 is 5.32 Å². The number of hydrogen-bond acceptors (Lipinski definition) is 6. The lowest BCUT2D eigenvalue weighted by Gasteiger charge is -2.15. The van der Waals surface area contributed by atoms with E-state index < -0.39 is 0 Å². The molecule has 2 amide bonds. The summed E-state index contributed by atoms with van der Waals surface area (Å²) in [4.78, 5) is 13.4. The smallest absolute Gasteiger partial charge is 0.322 e. The number of carbonyl (C=O) groups is 1. The average molecular weight is 279 g/mol. The molecular weight excluding hydrogens is 266 g/mol. The Hall–Kier alpha value is -1.96. The van der Waals surface area contributed by atoms with Crippen molar-refractivity contribution in [2.45, 2.75) is 25.3 Å². The van der Waals surface area contributed by atoms with Crippen molar-refractivity contribution in [2.75, 3.05) is 12.4 Å². The van der Waals surface area contributed by atoms with E-state index in [9.17, 15) is 4.79 Å². The largest absolute Gasteiger partial charge is 0.361 e. The molecule has 1 aliphatic carbocycles. The van der Waals surface area contributed by atoms with Crippen LogP contribution in [0, 0.1) is 0 Å². The molecule has 0 spiro atoms. The number of nitrogens with one attached hydrogen (secondary N) is 1. The summed E-state index contributed by atoms with van der Waals surface area (Å²) in [5.74, 6) is 1.46. The molecule has 2 heterocycles. The Balaban J connectivity index is 1.57. The molecule has 100 valence electrons. The summed E-state index contributed by atoms with van der Waals surface area (Å²) in [5, 5.41) is 11.0.